The molecule has 1 atom stereocenters. The number of alkyl halides is 2. The molecule has 0 aliphatic rings. The molecule has 3 aromatic rings. The van der Waals surface area contributed by atoms with Crippen molar-refractivity contribution in [2.75, 3.05) is 5.73 Å². The van der Waals surface area contributed by atoms with Gasteiger partial charge in [0.05, 0.1) is 11.2 Å². The highest BCUT2D eigenvalue weighted by Crippen LogP contribution is 2.29. The number of nitrogens with zero attached hydrogens (tertiary/aromatic N) is 4. The molecule has 9 heteroatoms. The Morgan fingerprint density at radius 3 is 2.79 bits per heavy atom. The average Bonchev–Trinajstić information content (AvgIpc) is 2.84. The van der Waals surface area contributed by atoms with E-state index < -0.39 is 12.0 Å². The predicted octanol–water partition coefficient (Wildman–Crippen LogP) is 2.72. The van der Waals surface area contributed by atoms with Crippen molar-refractivity contribution >= 4 is 32.8 Å². The molecule has 0 spiro atoms. The number of halogens is 3. The molecule has 0 radical (unpaired) electrons. The van der Waals surface area contributed by atoms with Crippen molar-refractivity contribution in [2.24, 2.45) is 0 Å². The summed E-state index contributed by atoms with van der Waals surface area (Å²) < 4.78 is 28.3. The van der Waals surface area contributed by atoms with Crippen LogP contribution in [0.2, 0.25) is 0 Å². The van der Waals surface area contributed by atoms with Crippen molar-refractivity contribution in [1.29, 1.82) is 0 Å². The maximum absolute atomic E-state index is 13.0. The standard InChI is InChI=1S/C15H14BrF2N5O/c1-15(24,13(17)18)7-10-9-3-2-8(16)6-11(9)23(22-10)12-4-5-20-14(19)21-12/h2-6,13,24H,7H2,1H3,(H2,19,20,21). The van der Waals surface area contributed by atoms with E-state index >= 15 is 0 Å². The van der Waals surface area contributed by atoms with Crippen LogP contribution in [-0.2, 0) is 6.42 Å². The molecule has 0 aliphatic heterocycles. The van der Waals surface area contributed by atoms with Crippen LogP contribution in [0, 0.1) is 0 Å². The number of fused-ring (bicyclic) bond motifs is 1. The molecule has 24 heavy (non-hydrogen) atoms. The van der Waals surface area contributed by atoms with Crippen LogP contribution in [0.15, 0.2) is 34.9 Å². The van der Waals surface area contributed by atoms with Gasteiger partial charge in [-0.2, -0.15) is 10.1 Å². The maximum atomic E-state index is 13.0. The number of aliphatic hydroxyl groups is 1. The minimum Gasteiger partial charge on any atom is -0.384 e. The lowest BCUT2D eigenvalue weighted by Gasteiger charge is -2.20. The first-order valence-electron chi connectivity index (χ1n) is 7.04. The summed E-state index contributed by atoms with van der Waals surface area (Å²) in [5.74, 6) is 0.487. The van der Waals surface area contributed by atoms with Gasteiger partial charge in [0.2, 0.25) is 5.95 Å². The summed E-state index contributed by atoms with van der Waals surface area (Å²) in [6, 6.07) is 6.94. The number of rotatable bonds is 4. The molecular weight excluding hydrogens is 384 g/mol. The van der Waals surface area contributed by atoms with Gasteiger partial charge >= 0.3 is 0 Å². The summed E-state index contributed by atoms with van der Waals surface area (Å²) in [5.41, 5.74) is 4.43. The summed E-state index contributed by atoms with van der Waals surface area (Å²) in [4.78, 5) is 7.94. The van der Waals surface area contributed by atoms with Gasteiger partial charge in [-0.25, -0.2) is 18.4 Å². The molecule has 1 aromatic carbocycles. The summed E-state index contributed by atoms with van der Waals surface area (Å²) in [6.45, 7) is 1.09. The lowest BCUT2D eigenvalue weighted by Crippen LogP contribution is -2.36. The molecular formula is C15H14BrF2N5O. The van der Waals surface area contributed by atoms with Gasteiger partial charge in [0.1, 0.15) is 5.60 Å². The minimum atomic E-state index is -2.89. The Kier molecular flexibility index (Phi) is 4.22. The van der Waals surface area contributed by atoms with E-state index in [2.05, 4.69) is 31.0 Å². The van der Waals surface area contributed by atoms with E-state index in [9.17, 15) is 13.9 Å². The van der Waals surface area contributed by atoms with Crippen LogP contribution >= 0.6 is 15.9 Å². The normalized spacial score (nSPS) is 14.2. The van der Waals surface area contributed by atoms with Gasteiger partial charge in [0, 0.05) is 28.5 Å². The molecule has 0 aliphatic carbocycles. The summed E-state index contributed by atoms with van der Waals surface area (Å²) >= 11 is 3.38. The van der Waals surface area contributed by atoms with Crippen molar-refractivity contribution < 1.29 is 13.9 Å². The molecule has 3 N–H and O–H groups in total. The topological polar surface area (TPSA) is 89.9 Å². The van der Waals surface area contributed by atoms with Crippen LogP contribution in [0.25, 0.3) is 16.7 Å². The van der Waals surface area contributed by atoms with Gasteiger partial charge in [0.25, 0.3) is 6.43 Å². The molecule has 0 amide bonds. The van der Waals surface area contributed by atoms with E-state index in [-0.39, 0.29) is 12.4 Å². The molecule has 2 aromatic heterocycles. The molecule has 0 saturated carbocycles. The fourth-order valence-electron chi connectivity index (χ4n) is 2.36. The van der Waals surface area contributed by atoms with E-state index in [1.165, 1.54) is 10.9 Å². The van der Waals surface area contributed by atoms with E-state index in [0.29, 0.717) is 22.4 Å². The second-order valence-electron chi connectivity index (χ2n) is 5.63. The van der Waals surface area contributed by atoms with Gasteiger partial charge < -0.3 is 10.8 Å². The van der Waals surface area contributed by atoms with Crippen LogP contribution < -0.4 is 5.73 Å². The van der Waals surface area contributed by atoms with Crippen LogP contribution in [0.4, 0.5) is 14.7 Å². The predicted molar refractivity (Wildman–Crippen MR) is 89.1 cm³/mol. The van der Waals surface area contributed by atoms with Crippen molar-refractivity contribution in [3.63, 3.8) is 0 Å². The lowest BCUT2D eigenvalue weighted by molar-refractivity contribution is -0.0825. The van der Waals surface area contributed by atoms with Crippen LogP contribution in [0.5, 0.6) is 0 Å². The average molecular weight is 398 g/mol. The van der Waals surface area contributed by atoms with Gasteiger partial charge in [-0.1, -0.05) is 15.9 Å². The minimum absolute atomic E-state index is 0.0762. The van der Waals surface area contributed by atoms with Crippen molar-refractivity contribution in [3.05, 3.63) is 40.6 Å². The zero-order valence-corrected chi connectivity index (χ0v) is 14.2. The fraction of sp³-hybridized carbons (Fsp3) is 0.267. The number of benzene rings is 1. The van der Waals surface area contributed by atoms with E-state index in [4.69, 9.17) is 5.73 Å². The Bertz CT molecular complexity index is 897. The first-order chi connectivity index (χ1) is 11.3. The molecule has 3 rings (SSSR count). The highest BCUT2D eigenvalue weighted by atomic mass is 79.9. The molecule has 126 valence electrons. The summed E-state index contributed by atoms with van der Waals surface area (Å²) in [7, 11) is 0. The van der Waals surface area contributed by atoms with E-state index in [1.807, 2.05) is 0 Å². The number of hydrogen-bond acceptors (Lipinski definition) is 5. The van der Waals surface area contributed by atoms with Crippen LogP contribution in [-0.4, -0.2) is 36.9 Å². The third-order valence-electron chi connectivity index (χ3n) is 3.59. The highest BCUT2D eigenvalue weighted by molar-refractivity contribution is 9.10. The van der Waals surface area contributed by atoms with Crippen molar-refractivity contribution in [3.8, 4) is 5.82 Å². The van der Waals surface area contributed by atoms with Crippen molar-refractivity contribution in [2.45, 2.75) is 25.4 Å². The second kappa shape index (κ2) is 6.06. The zero-order chi connectivity index (χ0) is 17.5. The number of nitrogens with two attached hydrogens (primary N) is 1. The van der Waals surface area contributed by atoms with Gasteiger partial charge in [-0.15, -0.1) is 0 Å². The van der Waals surface area contributed by atoms with Gasteiger partial charge in [0.15, 0.2) is 5.82 Å². The monoisotopic (exact) mass is 397 g/mol. The summed E-state index contributed by atoms with van der Waals surface area (Å²) in [5, 5.41) is 14.9. The quantitative estimate of drug-likeness (QED) is 0.706. The molecule has 0 fully saturated rings. The maximum Gasteiger partial charge on any atom is 0.266 e. The Morgan fingerprint density at radius 1 is 1.38 bits per heavy atom. The summed E-state index contributed by atoms with van der Waals surface area (Å²) in [6.07, 6.45) is -1.70. The first kappa shape index (κ1) is 16.7. The molecule has 2 heterocycles. The Morgan fingerprint density at radius 2 is 2.12 bits per heavy atom. The first-order valence-corrected chi connectivity index (χ1v) is 7.84. The molecule has 1 unspecified atom stereocenters. The molecule has 6 nitrogen and oxygen atoms in total. The Balaban J connectivity index is 2.18. The van der Waals surface area contributed by atoms with Crippen LogP contribution in [0.1, 0.15) is 12.6 Å². The fourth-order valence-corrected chi connectivity index (χ4v) is 2.70. The zero-order valence-electron chi connectivity index (χ0n) is 12.6. The van der Waals surface area contributed by atoms with E-state index in [1.54, 1.807) is 24.3 Å². The number of hydrogen-bond donors (Lipinski definition) is 2. The van der Waals surface area contributed by atoms with E-state index in [0.717, 1.165) is 11.4 Å². The van der Waals surface area contributed by atoms with Crippen LogP contribution in [0.3, 0.4) is 0 Å². The van der Waals surface area contributed by atoms with Gasteiger partial charge in [-0.3, -0.25) is 0 Å². The second-order valence-corrected chi connectivity index (χ2v) is 6.54. The third kappa shape index (κ3) is 3.09. The largest absolute Gasteiger partial charge is 0.384 e. The highest BCUT2D eigenvalue weighted by Gasteiger charge is 2.34. The smallest absolute Gasteiger partial charge is 0.266 e. The molecule has 0 bridgehead atoms. The number of aromatic nitrogens is 4. The number of anilines is 1. The Labute approximate surface area is 144 Å². The van der Waals surface area contributed by atoms with Crippen molar-refractivity contribution in [1.82, 2.24) is 19.7 Å². The number of nitrogen functional groups attached to an aromatic ring is 1. The molecule has 0 saturated heterocycles. The Hall–Kier alpha value is -2.13. The lowest BCUT2D eigenvalue weighted by atomic mass is 9.99. The SMILES string of the molecule is CC(O)(Cc1nn(-c2ccnc(N)n2)c2cc(Br)ccc12)C(F)F. The van der Waals surface area contributed by atoms with Gasteiger partial charge in [-0.05, 0) is 25.1 Å². The third-order valence-corrected chi connectivity index (χ3v) is 4.08.